The highest BCUT2D eigenvalue weighted by molar-refractivity contribution is 6.03. The molecule has 0 radical (unpaired) electrons. The molecule has 0 aromatic heterocycles. The summed E-state index contributed by atoms with van der Waals surface area (Å²) in [4.78, 5) is 22.9. The smallest absolute Gasteiger partial charge is 0.250 e. The van der Waals surface area contributed by atoms with Crippen molar-refractivity contribution in [2.24, 2.45) is 0 Å². The molecule has 0 heterocycles. The molecule has 0 saturated carbocycles. The highest BCUT2D eigenvalue weighted by Gasteiger charge is 2.06. The van der Waals surface area contributed by atoms with E-state index in [4.69, 9.17) is 0 Å². The third-order valence-corrected chi connectivity index (χ3v) is 2.67. The minimum atomic E-state index is -0.131. The molecule has 102 valence electrons. The lowest BCUT2D eigenvalue weighted by molar-refractivity contribution is -0.114. The van der Waals surface area contributed by atoms with E-state index in [1.54, 1.807) is 13.0 Å². The number of anilines is 2. The maximum absolute atomic E-state index is 11.9. The van der Waals surface area contributed by atoms with Crippen LogP contribution in [0.1, 0.15) is 32.8 Å². The van der Waals surface area contributed by atoms with Gasteiger partial charge in [0.1, 0.15) is 0 Å². The van der Waals surface area contributed by atoms with Crippen molar-refractivity contribution in [1.29, 1.82) is 0 Å². The number of carbonyl (C=O) groups excluding carboxylic acids is 2. The first-order chi connectivity index (χ1) is 8.93. The number of nitrogens with one attached hydrogen (secondary N) is 2. The Balaban J connectivity index is 2.88. The molecule has 0 aliphatic rings. The summed E-state index contributed by atoms with van der Waals surface area (Å²) in [6.45, 7) is 7.12. The van der Waals surface area contributed by atoms with Crippen LogP contribution < -0.4 is 10.6 Å². The molecule has 19 heavy (non-hydrogen) atoms. The van der Waals surface area contributed by atoms with E-state index in [1.165, 1.54) is 6.92 Å². The van der Waals surface area contributed by atoms with Crippen LogP contribution in [-0.2, 0) is 9.59 Å². The number of rotatable bonds is 4. The summed E-state index contributed by atoms with van der Waals surface area (Å²) in [6.07, 6.45) is 2.70. The lowest BCUT2D eigenvalue weighted by Gasteiger charge is -2.10. The van der Waals surface area contributed by atoms with Crippen LogP contribution in [0.5, 0.6) is 0 Å². The Kier molecular flexibility index (Phi) is 5.30. The summed E-state index contributed by atoms with van der Waals surface area (Å²) in [5.74, 6) is -0.256. The first-order valence-electron chi connectivity index (χ1n) is 6.30. The molecule has 2 amide bonds. The average molecular weight is 260 g/mol. The predicted octanol–water partition coefficient (Wildman–Crippen LogP) is 3.25. The van der Waals surface area contributed by atoms with Gasteiger partial charge in [-0.25, -0.2) is 0 Å². The van der Waals surface area contributed by atoms with Crippen molar-refractivity contribution in [3.63, 3.8) is 0 Å². The highest BCUT2D eigenvalue weighted by Crippen LogP contribution is 2.20. The maximum atomic E-state index is 11.9. The van der Waals surface area contributed by atoms with Crippen molar-refractivity contribution < 1.29 is 9.59 Å². The maximum Gasteiger partial charge on any atom is 0.250 e. The van der Waals surface area contributed by atoms with Gasteiger partial charge in [0.2, 0.25) is 5.91 Å². The minimum Gasteiger partial charge on any atom is -0.326 e. The second kappa shape index (κ2) is 6.73. The fourth-order valence-corrected chi connectivity index (χ4v) is 1.65. The van der Waals surface area contributed by atoms with Crippen molar-refractivity contribution in [3.8, 4) is 0 Å². The van der Waals surface area contributed by atoms with Gasteiger partial charge in [0.25, 0.3) is 5.91 Å². The zero-order valence-corrected chi connectivity index (χ0v) is 11.8. The largest absolute Gasteiger partial charge is 0.326 e. The van der Waals surface area contributed by atoms with Crippen LogP contribution in [0.25, 0.3) is 0 Å². The molecular formula is C15H20N2O2. The van der Waals surface area contributed by atoms with Crippen LogP contribution in [0, 0.1) is 6.92 Å². The monoisotopic (exact) mass is 260 g/mol. The van der Waals surface area contributed by atoms with E-state index < -0.39 is 0 Å². The number of benzene rings is 1. The molecule has 0 bridgehead atoms. The van der Waals surface area contributed by atoms with E-state index >= 15 is 0 Å². The Labute approximate surface area is 113 Å². The Hall–Kier alpha value is -2.10. The van der Waals surface area contributed by atoms with Gasteiger partial charge < -0.3 is 10.6 Å². The Morgan fingerprint density at radius 2 is 1.89 bits per heavy atom. The summed E-state index contributed by atoms with van der Waals surface area (Å²) in [7, 11) is 0. The summed E-state index contributed by atoms with van der Waals surface area (Å²) in [5.41, 5.74) is 3.02. The highest BCUT2D eigenvalue weighted by atomic mass is 16.2. The van der Waals surface area contributed by atoms with E-state index in [-0.39, 0.29) is 11.8 Å². The number of allylic oxidation sites excluding steroid dienone is 1. The predicted molar refractivity (Wildman–Crippen MR) is 78.2 cm³/mol. The lowest BCUT2D eigenvalue weighted by atomic mass is 10.1. The van der Waals surface area contributed by atoms with E-state index in [0.717, 1.165) is 12.0 Å². The van der Waals surface area contributed by atoms with Crippen molar-refractivity contribution in [2.75, 3.05) is 10.6 Å². The third kappa shape index (κ3) is 4.58. The minimum absolute atomic E-state index is 0.125. The molecule has 0 aliphatic heterocycles. The molecule has 4 heteroatoms. The zero-order chi connectivity index (χ0) is 14.4. The SMILES string of the molecule is CCC=C(C)C(=O)Nc1ccc(C)c(NC(C)=O)c1. The molecule has 0 saturated heterocycles. The number of carbonyl (C=O) groups is 2. The summed E-state index contributed by atoms with van der Waals surface area (Å²) in [5, 5.41) is 5.55. The van der Waals surface area contributed by atoms with Gasteiger partial charge in [-0.1, -0.05) is 19.1 Å². The molecule has 0 fully saturated rings. The van der Waals surface area contributed by atoms with Crippen molar-refractivity contribution in [3.05, 3.63) is 35.4 Å². The summed E-state index contributed by atoms with van der Waals surface area (Å²) >= 11 is 0. The molecule has 2 N–H and O–H groups in total. The van der Waals surface area contributed by atoms with Crippen LogP contribution in [0.2, 0.25) is 0 Å². The summed E-state index contributed by atoms with van der Waals surface area (Å²) < 4.78 is 0. The number of hydrogen-bond acceptors (Lipinski definition) is 2. The van der Waals surface area contributed by atoms with Gasteiger partial charge in [-0.05, 0) is 38.0 Å². The third-order valence-electron chi connectivity index (χ3n) is 2.67. The van der Waals surface area contributed by atoms with Crippen LogP contribution >= 0.6 is 0 Å². The van der Waals surface area contributed by atoms with Crippen molar-refractivity contribution >= 4 is 23.2 Å². The van der Waals surface area contributed by atoms with Gasteiger partial charge in [0.15, 0.2) is 0 Å². The first kappa shape index (κ1) is 15.0. The van der Waals surface area contributed by atoms with Crippen LogP contribution in [-0.4, -0.2) is 11.8 Å². The fraction of sp³-hybridized carbons (Fsp3) is 0.333. The van der Waals surface area contributed by atoms with Gasteiger partial charge in [0, 0.05) is 23.9 Å². The molecule has 4 nitrogen and oxygen atoms in total. The van der Waals surface area contributed by atoms with E-state index in [9.17, 15) is 9.59 Å². The molecule has 0 unspecified atom stereocenters. The van der Waals surface area contributed by atoms with Gasteiger partial charge >= 0.3 is 0 Å². The zero-order valence-electron chi connectivity index (χ0n) is 11.8. The van der Waals surface area contributed by atoms with Crippen molar-refractivity contribution in [1.82, 2.24) is 0 Å². The molecule has 1 aromatic carbocycles. The van der Waals surface area contributed by atoms with Crippen LogP contribution in [0.15, 0.2) is 29.8 Å². The summed E-state index contributed by atoms with van der Waals surface area (Å²) in [6, 6.07) is 5.44. The molecule has 0 atom stereocenters. The molecule has 1 rings (SSSR count). The second-order valence-electron chi connectivity index (χ2n) is 4.46. The number of aryl methyl sites for hydroxylation is 1. The average Bonchev–Trinajstić information content (AvgIpc) is 2.33. The van der Waals surface area contributed by atoms with Crippen LogP contribution in [0.3, 0.4) is 0 Å². The van der Waals surface area contributed by atoms with E-state index in [0.29, 0.717) is 16.9 Å². The van der Waals surface area contributed by atoms with Gasteiger partial charge in [0.05, 0.1) is 0 Å². The van der Waals surface area contributed by atoms with E-state index in [2.05, 4.69) is 10.6 Å². The molecule has 0 spiro atoms. The number of amides is 2. The normalized spacial score (nSPS) is 11.1. The lowest BCUT2D eigenvalue weighted by Crippen LogP contribution is -2.13. The van der Waals surface area contributed by atoms with Gasteiger partial charge in [-0.2, -0.15) is 0 Å². The topological polar surface area (TPSA) is 58.2 Å². The van der Waals surface area contributed by atoms with E-state index in [1.807, 2.05) is 32.1 Å². The molecular weight excluding hydrogens is 240 g/mol. The Morgan fingerprint density at radius 3 is 2.47 bits per heavy atom. The van der Waals surface area contributed by atoms with Crippen LogP contribution in [0.4, 0.5) is 11.4 Å². The molecule has 1 aromatic rings. The van der Waals surface area contributed by atoms with Gasteiger partial charge in [-0.15, -0.1) is 0 Å². The number of hydrogen-bond donors (Lipinski definition) is 2. The fourth-order valence-electron chi connectivity index (χ4n) is 1.65. The standard InChI is InChI=1S/C15H20N2O2/c1-5-6-11(3)15(19)17-13-8-7-10(2)14(9-13)16-12(4)18/h6-9H,5H2,1-4H3,(H,16,18)(H,17,19). The quantitative estimate of drug-likeness (QED) is 0.816. The van der Waals surface area contributed by atoms with Gasteiger partial charge in [-0.3, -0.25) is 9.59 Å². The second-order valence-corrected chi connectivity index (χ2v) is 4.46. The molecule has 0 aliphatic carbocycles. The van der Waals surface area contributed by atoms with Crippen molar-refractivity contribution in [2.45, 2.75) is 34.1 Å². The Bertz CT molecular complexity index is 519. The Morgan fingerprint density at radius 1 is 1.21 bits per heavy atom. The first-order valence-corrected chi connectivity index (χ1v) is 6.30.